The zero-order chi connectivity index (χ0) is 22.1. The first kappa shape index (κ1) is 20.9. The smallest absolute Gasteiger partial charge is 0.261 e. The minimum Gasteiger partial charge on any atom is -0.487 e. The highest BCUT2D eigenvalue weighted by Gasteiger charge is 2.34. The zero-order valence-electron chi connectivity index (χ0n) is 17.3. The summed E-state index contributed by atoms with van der Waals surface area (Å²) < 4.78 is 33.7. The molecule has 1 aliphatic rings. The summed E-state index contributed by atoms with van der Waals surface area (Å²) in [7, 11) is -3.74. The maximum Gasteiger partial charge on any atom is 0.261 e. The van der Waals surface area contributed by atoms with Crippen LogP contribution in [0.15, 0.2) is 83.8 Å². The number of sulfonamides is 1. The molecule has 0 radical (unpaired) electrons. The van der Waals surface area contributed by atoms with E-state index in [-0.39, 0.29) is 16.8 Å². The fraction of sp³-hybridized carbons (Fsp3) is 0.208. The maximum atomic E-state index is 13.0. The van der Waals surface area contributed by atoms with Gasteiger partial charge in [-0.2, -0.15) is 0 Å². The molecule has 7 heteroatoms. The van der Waals surface area contributed by atoms with Crippen molar-refractivity contribution >= 4 is 21.6 Å². The Balaban J connectivity index is 1.54. The number of fused-ring (bicyclic) bond motifs is 1. The molecule has 1 aliphatic heterocycles. The molecule has 160 valence electrons. The van der Waals surface area contributed by atoms with E-state index in [1.807, 2.05) is 38.1 Å². The summed E-state index contributed by atoms with van der Waals surface area (Å²) in [6.45, 7) is 3.97. The van der Waals surface area contributed by atoms with Gasteiger partial charge in [-0.3, -0.25) is 9.52 Å². The Morgan fingerprint density at radius 2 is 1.68 bits per heavy atom. The van der Waals surface area contributed by atoms with Crippen LogP contribution in [0.5, 0.6) is 5.75 Å². The summed E-state index contributed by atoms with van der Waals surface area (Å²) >= 11 is 0. The minimum atomic E-state index is -3.74. The average molecular weight is 437 g/mol. The highest BCUT2D eigenvalue weighted by Crippen LogP contribution is 2.39. The van der Waals surface area contributed by atoms with Gasteiger partial charge in [0.1, 0.15) is 11.4 Å². The Bertz CT molecular complexity index is 1210. The van der Waals surface area contributed by atoms with Crippen molar-refractivity contribution < 1.29 is 17.9 Å². The Morgan fingerprint density at radius 1 is 0.968 bits per heavy atom. The fourth-order valence-corrected chi connectivity index (χ4v) is 4.78. The van der Waals surface area contributed by atoms with E-state index in [1.165, 1.54) is 18.2 Å². The van der Waals surface area contributed by atoms with Crippen LogP contribution in [0.1, 0.15) is 42.2 Å². The summed E-state index contributed by atoms with van der Waals surface area (Å²) in [5.74, 6) is 0.478. The number of hydrogen-bond donors (Lipinski definition) is 2. The lowest BCUT2D eigenvalue weighted by Crippen LogP contribution is -2.41. The van der Waals surface area contributed by atoms with Gasteiger partial charge >= 0.3 is 0 Å². The summed E-state index contributed by atoms with van der Waals surface area (Å²) in [6.07, 6.45) is 0.621. The predicted molar refractivity (Wildman–Crippen MR) is 120 cm³/mol. The van der Waals surface area contributed by atoms with Crippen molar-refractivity contribution in [2.75, 3.05) is 4.72 Å². The minimum absolute atomic E-state index is 0.158. The van der Waals surface area contributed by atoms with E-state index in [4.69, 9.17) is 4.74 Å². The number of anilines is 1. The van der Waals surface area contributed by atoms with Gasteiger partial charge in [0.15, 0.2) is 0 Å². The van der Waals surface area contributed by atoms with Crippen molar-refractivity contribution in [3.8, 4) is 5.75 Å². The first-order valence-electron chi connectivity index (χ1n) is 10.0. The van der Waals surface area contributed by atoms with Crippen molar-refractivity contribution in [3.05, 3.63) is 90.0 Å². The molecule has 3 aromatic carbocycles. The van der Waals surface area contributed by atoms with Crippen LogP contribution in [0.3, 0.4) is 0 Å². The maximum absolute atomic E-state index is 13.0. The molecule has 0 unspecified atom stereocenters. The van der Waals surface area contributed by atoms with E-state index in [0.717, 1.165) is 11.3 Å². The number of benzene rings is 3. The molecule has 4 rings (SSSR count). The largest absolute Gasteiger partial charge is 0.487 e. The van der Waals surface area contributed by atoms with Crippen LogP contribution in [-0.4, -0.2) is 19.9 Å². The molecular weight excluding hydrogens is 412 g/mol. The monoisotopic (exact) mass is 436 g/mol. The van der Waals surface area contributed by atoms with Gasteiger partial charge in [-0.15, -0.1) is 0 Å². The van der Waals surface area contributed by atoms with Crippen LogP contribution in [0.2, 0.25) is 0 Å². The lowest BCUT2D eigenvalue weighted by atomic mass is 9.89. The Morgan fingerprint density at radius 3 is 2.45 bits per heavy atom. The molecule has 31 heavy (non-hydrogen) atoms. The van der Waals surface area contributed by atoms with E-state index >= 15 is 0 Å². The number of para-hydroxylation sites is 1. The highest BCUT2D eigenvalue weighted by molar-refractivity contribution is 7.92. The third-order valence-electron chi connectivity index (χ3n) is 5.11. The van der Waals surface area contributed by atoms with Gasteiger partial charge < -0.3 is 10.1 Å². The summed E-state index contributed by atoms with van der Waals surface area (Å²) in [5.41, 5.74) is 1.20. The van der Waals surface area contributed by atoms with Crippen LogP contribution in [0.25, 0.3) is 0 Å². The number of hydrogen-bond acceptors (Lipinski definition) is 4. The first-order valence-corrected chi connectivity index (χ1v) is 11.5. The molecular formula is C24H24N2O4S. The van der Waals surface area contributed by atoms with Gasteiger partial charge in [-0.25, -0.2) is 8.42 Å². The molecule has 0 fully saturated rings. The van der Waals surface area contributed by atoms with E-state index in [0.29, 0.717) is 17.7 Å². The Labute approximate surface area is 182 Å². The molecule has 0 aliphatic carbocycles. The van der Waals surface area contributed by atoms with Gasteiger partial charge in [0.2, 0.25) is 0 Å². The standard InChI is InChI=1S/C24H24N2O4S/c1-24(2)16-21(20-13-6-7-14-22(20)30-24)25-23(27)17-9-8-10-18(15-17)26-31(28,29)19-11-4-3-5-12-19/h3-15,21,26H,16H2,1-2H3,(H,25,27)/t21-/m1/s1. The molecule has 0 aromatic heterocycles. The van der Waals surface area contributed by atoms with E-state index in [1.54, 1.807) is 36.4 Å². The van der Waals surface area contributed by atoms with Crippen molar-refractivity contribution in [3.63, 3.8) is 0 Å². The quantitative estimate of drug-likeness (QED) is 0.616. The lowest BCUT2D eigenvalue weighted by molar-refractivity contribution is 0.0619. The molecule has 0 saturated heterocycles. The molecule has 1 heterocycles. The van der Waals surface area contributed by atoms with Crippen molar-refractivity contribution in [1.29, 1.82) is 0 Å². The third-order valence-corrected chi connectivity index (χ3v) is 6.51. The molecule has 1 amide bonds. The summed E-state index contributed by atoms with van der Waals surface area (Å²) in [5, 5.41) is 3.07. The number of nitrogens with one attached hydrogen (secondary N) is 2. The SMILES string of the molecule is CC1(C)C[C@@H](NC(=O)c2cccc(NS(=O)(=O)c3ccccc3)c2)c2ccccc2O1. The number of ether oxygens (including phenoxy) is 1. The predicted octanol–water partition coefficient (Wildman–Crippen LogP) is 4.52. The Hall–Kier alpha value is -3.32. The van der Waals surface area contributed by atoms with Gasteiger partial charge in [-0.05, 0) is 50.2 Å². The lowest BCUT2D eigenvalue weighted by Gasteiger charge is -2.37. The van der Waals surface area contributed by atoms with Crippen molar-refractivity contribution in [1.82, 2.24) is 5.32 Å². The van der Waals surface area contributed by atoms with Crippen LogP contribution in [0.4, 0.5) is 5.69 Å². The molecule has 0 spiro atoms. The third kappa shape index (κ3) is 4.72. The summed E-state index contributed by atoms with van der Waals surface area (Å²) in [6, 6.07) is 22.0. The molecule has 3 aromatic rings. The average Bonchev–Trinajstić information content (AvgIpc) is 2.73. The normalized spacial score (nSPS) is 17.2. The molecule has 6 nitrogen and oxygen atoms in total. The molecule has 1 atom stereocenters. The van der Waals surface area contributed by atoms with E-state index in [9.17, 15) is 13.2 Å². The van der Waals surface area contributed by atoms with Crippen LogP contribution < -0.4 is 14.8 Å². The number of rotatable bonds is 5. The number of amides is 1. The number of carbonyl (C=O) groups excluding carboxylic acids is 1. The van der Waals surface area contributed by atoms with Gasteiger partial charge in [0, 0.05) is 23.2 Å². The Kier molecular flexibility index (Phi) is 5.45. The van der Waals surface area contributed by atoms with Gasteiger partial charge in [0.05, 0.1) is 10.9 Å². The topological polar surface area (TPSA) is 84.5 Å². The second-order valence-corrected chi connectivity index (χ2v) is 9.81. The highest BCUT2D eigenvalue weighted by atomic mass is 32.2. The second kappa shape index (κ2) is 8.07. The van der Waals surface area contributed by atoms with Crippen LogP contribution >= 0.6 is 0 Å². The van der Waals surface area contributed by atoms with Crippen molar-refractivity contribution in [2.24, 2.45) is 0 Å². The zero-order valence-corrected chi connectivity index (χ0v) is 18.1. The first-order chi connectivity index (χ1) is 14.7. The van der Waals surface area contributed by atoms with Crippen LogP contribution in [0, 0.1) is 0 Å². The van der Waals surface area contributed by atoms with E-state index < -0.39 is 15.6 Å². The fourth-order valence-electron chi connectivity index (χ4n) is 3.71. The molecule has 2 N–H and O–H groups in total. The second-order valence-electron chi connectivity index (χ2n) is 8.13. The molecule has 0 saturated carbocycles. The van der Waals surface area contributed by atoms with Gasteiger partial charge in [0.25, 0.3) is 15.9 Å². The number of carbonyl (C=O) groups is 1. The van der Waals surface area contributed by atoms with E-state index in [2.05, 4.69) is 10.0 Å². The van der Waals surface area contributed by atoms with Crippen LogP contribution in [-0.2, 0) is 10.0 Å². The molecule has 0 bridgehead atoms. The summed E-state index contributed by atoms with van der Waals surface area (Å²) in [4.78, 5) is 13.2. The van der Waals surface area contributed by atoms with Crippen molar-refractivity contribution in [2.45, 2.75) is 36.8 Å². The van der Waals surface area contributed by atoms with Gasteiger partial charge in [-0.1, -0.05) is 42.5 Å².